The zero-order valence-electron chi connectivity index (χ0n) is 14.2. The Morgan fingerprint density at radius 2 is 1.29 bits per heavy atom. The second-order valence-electron chi connectivity index (χ2n) is 6.02. The van der Waals surface area contributed by atoms with Crippen molar-refractivity contribution < 1.29 is 35.5 Å². The molecule has 1 nitrogen and oxygen atoms in total. The number of rotatable bonds is 4. The minimum atomic E-state index is -4.58. The van der Waals surface area contributed by atoms with E-state index in [0.29, 0.717) is 35.9 Å². The van der Waals surface area contributed by atoms with Gasteiger partial charge in [-0.1, -0.05) is 12.1 Å². The number of hydrogen-bond donors (Lipinski definition) is 0. The molecule has 0 aromatic heterocycles. The number of halogens is 7. The van der Waals surface area contributed by atoms with Gasteiger partial charge in [0, 0.05) is 23.8 Å². The van der Waals surface area contributed by atoms with Crippen LogP contribution in [0.1, 0.15) is 11.1 Å². The summed E-state index contributed by atoms with van der Waals surface area (Å²) in [6.45, 7) is 1.60. The molecule has 0 aliphatic rings. The molecule has 0 N–H and O–H groups in total. The Labute approximate surface area is 155 Å². The van der Waals surface area contributed by atoms with E-state index in [4.69, 9.17) is 0 Å². The van der Waals surface area contributed by atoms with Crippen molar-refractivity contribution >= 4 is 0 Å². The number of benzene rings is 3. The highest BCUT2D eigenvalue weighted by Gasteiger charge is 2.41. The number of aryl methyl sites for hydroxylation is 1. The van der Waals surface area contributed by atoms with Crippen LogP contribution in [0.4, 0.5) is 30.7 Å². The molecule has 0 aliphatic carbocycles. The Morgan fingerprint density at radius 3 is 1.82 bits per heavy atom. The summed E-state index contributed by atoms with van der Waals surface area (Å²) in [4.78, 5) is 0. The molecule has 3 aromatic carbocycles. The van der Waals surface area contributed by atoms with Crippen LogP contribution in [-0.2, 0) is 6.11 Å². The molecule has 3 aromatic rings. The first-order valence-electron chi connectivity index (χ1n) is 7.86. The van der Waals surface area contributed by atoms with Gasteiger partial charge in [-0.15, -0.1) is 0 Å². The zero-order valence-corrected chi connectivity index (χ0v) is 14.2. The summed E-state index contributed by atoms with van der Waals surface area (Å²) in [6, 6.07) is 6.18. The highest BCUT2D eigenvalue weighted by Crippen LogP contribution is 2.37. The lowest BCUT2D eigenvalue weighted by Crippen LogP contribution is -2.25. The molecule has 0 radical (unpaired) electrons. The molecule has 0 spiro atoms. The van der Waals surface area contributed by atoms with E-state index < -0.39 is 46.5 Å². The van der Waals surface area contributed by atoms with Crippen molar-refractivity contribution in [1.29, 1.82) is 0 Å². The van der Waals surface area contributed by atoms with Gasteiger partial charge in [-0.3, -0.25) is 0 Å². The molecular formula is C20H11F7O. The molecule has 0 atom stereocenters. The number of hydrogen-bond acceptors (Lipinski definition) is 1. The van der Waals surface area contributed by atoms with Crippen molar-refractivity contribution in [2.45, 2.75) is 13.0 Å². The first-order valence-corrected chi connectivity index (χ1v) is 7.86. The first-order chi connectivity index (χ1) is 13.1. The normalized spacial score (nSPS) is 11.6. The maximum atomic E-state index is 14.3. The predicted molar refractivity (Wildman–Crippen MR) is 87.4 cm³/mol. The van der Waals surface area contributed by atoms with E-state index in [1.54, 1.807) is 6.92 Å². The van der Waals surface area contributed by atoms with Gasteiger partial charge >= 0.3 is 6.11 Å². The fraction of sp³-hybridized carbons (Fsp3) is 0.100. The van der Waals surface area contributed by atoms with Crippen LogP contribution in [-0.4, -0.2) is 0 Å². The lowest BCUT2D eigenvalue weighted by molar-refractivity contribution is -0.189. The molecule has 0 unspecified atom stereocenters. The van der Waals surface area contributed by atoms with Gasteiger partial charge in [-0.05, 0) is 36.2 Å². The molecular weight excluding hydrogens is 389 g/mol. The molecule has 146 valence electrons. The average molecular weight is 400 g/mol. The lowest BCUT2D eigenvalue weighted by Gasteiger charge is -2.20. The molecule has 8 heteroatoms. The van der Waals surface area contributed by atoms with Crippen LogP contribution in [0.2, 0.25) is 0 Å². The summed E-state index contributed by atoms with van der Waals surface area (Å²) >= 11 is 0. The van der Waals surface area contributed by atoms with E-state index >= 15 is 0 Å². The van der Waals surface area contributed by atoms with E-state index in [1.165, 1.54) is 12.1 Å². The van der Waals surface area contributed by atoms with Crippen molar-refractivity contribution in [3.8, 4) is 16.9 Å². The van der Waals surface area contributed by atoms with Crippen LogP contribution in [0.25, 0.3) is 11.1 Å². The third-order valence-corrected chi connectivity index (χ3v) is 3.85. The van der Waals surface area contributed by atoms with E-state index in [9.17, 15) is 30.7 Å². The van der Waals surface area contributed by atoms with Crippen LogP contribution in [0.15, 0.2) is 48.5 Å². The van der Waals surface area contributed by atoms with Gasteiger partial charge in [-0.2, -0.15) is 8.78 Å². The Morgan fingerprint density at radius 1 is 0.714 bits per heavy atom. The third kappa shape index (κ3) is 3.95. The summed E-state index contributed by atoms with van der Waals surface area (Å²) < 4.78 is 102. The Balaban J connectivity index is 2.02. The molecule has 28 heavy (non-hydrogen) atoms. The fourth-order valence-electron chi connectivity index (χ4n) is 2.65. The van der Waals surface area contributed by atoms with E-state index in [1.807, 2.05) is 0 Å². The van der Waals surface area contributed by atoms with E-state index in [0.717, 1.165) is 6.07 Å². The standard InChI is InChI=1S/C20H11F7O/c1-10-2-3-15(16(23)4-10)11-5-17(24)19(18(25)6-11)20(26,27)28-14-8-12(21)7-13(22)9-14/h2-9H,1H3. The third-order valence-electron chi connectivity index (χ3n) is 3.85. The summed E-state index contributed by atoms with van der Waals surface area (Å²) in [5, 5.41) is 0. The largest absolute Gasteiger partial charge is 0.432 e. The van der Waals surface area contributed by atoms with Crippen LogP contribution in [0.3, 0.4) is 0 Å². The van der Waals surface area contributed by atoms with Crippen LogP contribution >= 0.6 is 0 Å². The Bertz CT molecular complexity index is 1000. The highest BCUT2D eigenvalue weighted by atomic mass is 19.3. The fourth-order valence-corrected chi connectivity index (χ4v) is 2.65. The van der Waals surface area contributed by atoms with E-state index in [2.05, 4.69) is 4.74 Å². The van der Waals surface area contributed by atoms with Gasteiger partial charge in [0.15, 0.2) is 0 Å². The van der Waals surface area contributed by atoms with Crippen LogP contribution in [0.5, 0.6) is 5.75 Å². The second-order valence-corrected chi connectivity index (χ2v) is 6.02. The quantitative estimate of drug-likeness (QED) is 0.455. The predicted octanol–water partition coefficient (Wildman–Crippen LogP) is 6.49. The van der Waals surface area contributed by atoms with Gasteiger partial charge < -0.3 is 4.74 Å². The average Bonchev–Trinajstić information content (AvgIpc) is 2.51. The van der Waals surface area contributed by atoms with Gasteiger partial charge in [0.1, 0.15) is 40.4 Å². The summed E-state index contributed by atoms with van der Waals surface area (Å²) in [5.41, 5.74) is -1.70. The minimum absolute atomic E-state index is 0.189. The maximum Gasteiger partial charge on any atom is 0.432 e. The van der Waals surface area contributed by atoms with Crippen molar-refractivity contribution in [3.63, 3.8) is 0 Å². The molecule has 0 saturated carbocycles. The zero-order chi connectivity index (χ0) is 20.6. The van der Waals surface area contributed by atoms with E-state index in [-0.39, 0.29) is 11.1 Å². The Kier molecular flexibility index (Phi) is 5.06. The summed E-state index contributed by atoms with van der Waals surface area (Å²) in [7, 11) is 0. The second kappa shape index (κ2) is 7.18. The van der Waals surface area contributed by atoms with Gasteiger partial charge in [0.05, 0.1) is 0 Å². The van der Waals surface area contributed by atoms with Gasteiger partial charge in [0.25, 0.3) is 0 Å². The summed E-state index contributed by atoms with van der Waals surface area (Å²) in [5.74, 6) is -7.60. The van der Waals surface area contributed by atoms with Crippen LogP contribution < -0.4 is 4.74 Å². The minimum Gasteiger partial charge on any atom is -0.429 e. The topological polar surface area (TPSA) is 9.23 Å². The number of alkyl halides is 2. The molecule has 0 bridgehead atoms. The van der Waals surface area contributed by atoms with Crippen molar-refractivity contribution in [1.82, 2.24) is 0 Å². The molecule has 0 fully saturated rings. The van der Waals surface area contributed by atoms with Crippen molar-refractivity contribution in [2.24, 2.45) is 0 Å². The highest BCUT2D eigenvalue weighted by molar-refractivity contribution is 5.65. The SMILES string of the molecule is Cc1ccc(-c2cc(F)c(C(F)(F)Oc3cc(F)cc(F)c3)c(F)c2)c(F)c1. The van der Waals surface area contributed by atoms with Gasteiger partial charge in [0.2, 0.25) is 0 Å². The smallest absolute Gasteiger partial charge is 0.429 e. The number of ether oxygens (including phenoxy) is 1. The van der Waals surface area contributed by atoms with Crippen molar-refractivity contribution in [2.75, 3.05) is 0 Å². The molecule has 0 amide bonds. The monoisotopic (exact) mass is 400 g/mol. The molecule has 0 heterocycles. The van der Waals surface area contributed by atoms with Crippen LogP contribution in [0, 0.1) is 36.0 Å². The first kappa shape index (κ1) is 19.7. The van der Waals surface area contributed by atoms with Crippen molar-refractivity contribution in [3.05, 3.63) is 88.7 Å². The maximum absolute atomic E-state index is 14.3. The Hall–Kier alpha value is -3.03. The lowest BCUT2D eigenvalue weighted by atomic mass is 10.0. The summed E-state index contributed by atoms with van der Waals surface area (Å²) in [6.07, 6.45) is -4.58. The molecule has 0 aliphatic heterocycles. The molecule has 3 rings (SSSR count). The molecule has 0 saturated heterocycles. The van der Waals surface area contributed by atoms with Gasteiger partial charge in [-0.25, -0.2) is 22.0 Å².